The van der Waals surface area contributed by atoms with E-state index in [0.717, 1.165) is 41.9 Å². The fourth-order valence-electron chi connectivity index (χ4n) is 2.67. The normalized spacial score (nSPS) is 18.6. The molecule has 1 saturated carbocycles. The molecule has 1 heterocycles. The zero-order valence-corrected chi connectivity index (χ0v) is 13.4. The molecule has 0 radical (unpaired) electrons. The van der Waals surface area contributed by atoms with Gasteiger partial charge in [0.1, 0.15) is 13.2 Å². The second-order valence-corrected chi connectivity index (χ2v) is 6.66. The Kier molecular flexibility index (Phi) is 4.91. The third-order valence-corrected chi connectivity index (χ3v) is 4.62. The van der Waals surface area contributed by atoms with Gasteiger partial charge in [0.2, 0.25) is 0 Å². The van der Waals surface area contributed by atoms with Crippen molar-refractivity contribution < 1.29 is 9.47 Å². The maximum absolute atomic E-state index is 6.35. The van der Waals surface area contributed by atoms with Crippen molar-refractivity contribution in [3.63, 3.8) is 0 Å². The van der Waals surface area contributed by atoms with Gasteiger partial charge in [0.05, 0.1) is 0 Å². The molecule has 1 atom stereocenters. The van der Waals surface area contributed by atoms with Crippen LogP contribution in [-0.2, 0) is 6.42 Å². The van der Waals surface area contributed by atoms with E-state index in [1.165, 1.54) is 24.8 Å². The number of hydrogen-bond acceptors (Lipinski definition) is 3. The van der Waals surface area contributed by atoms with E-state index >= 15 is 0 Å². The number of ether oxygens (including phenoxy) is 2. The first kappa shape index (κ1) is 15.0. The molecule has 1 unspecified atom stereocenters. The standard InChI is InChI=1S/C17H24ClNO2/c1-12(6-7-19-14-4-5-14)2-3-13-10-16-17(11-15(13)18)21-9-8-20-16/h10-12,14,19H,2-9H2,1H3. The molecule has 1 fully saturated rings. The molecule has 1 aromatic carbocycles. The molecular weight excluding hydrogens is 286 g/mol. The van der Waals surface area contributed by atoms with Crippen molar-refractivity contribution in [2.75, 3.05) is 19.8 Å². The summed E-state index contributed by atoms with van der Waals surface area (Å²) in [7, 11) is 0. The van der Waals surface area contributed by atoms with E-state index in [2.05, 4.69) is 12.2 Å². The maximum atomic E-state index is 6.35. The molecule has 0 spiro atoms. The van der Waals surface area contributed by atoms with Crippen molar-refractivity contribution in [2.24, 2.45) is 5.92 Å². The van der Waals surface area contributed by atoms with E-state index in [0.29, 0.717) is 19.1 Å². The highest BCUT2D eigenvalue weighted by molar-refractivity contribution is 6.31. The summed E-state index contributed by atoms with van der Waals surface area (Å²) in [5.74, 6) is 2.32. The van der Waals surface area contributed by atoms with Crippen LogP contribution in [0.3, 0.4) is 0 Å². The lowest BCUT2D eigenvalue weighted by Gasteiger charge is -2.20. The van der Waals surface area contributed by atoms with Crippen molar-refractivity contribution in [3.8, 4) is 11.5 Å². The van der Waals surface area contributed by atoms with E-state index < -0.39 is 0 Å². The summed E-state index contributed by atoms with van der Waals surface area (Å²) in [4.78, 5) is 0. The number of benzene rings is 1. The van der Waals surface area contributed by atoms with Gasteiger partial charge in [-0.15, -0.1) is 0 Å². The predicted molar refractivity (Wildman–Crippen MR) is 85.6 cm³/mol. The van der Waals surface area contributed by atoms with Crippen LogP contribution in [0.25, 0.3) is 0 Å². The molecule has 1 aliphatic carbocycles. The Morgan fingerprint density at radius 2 is 1.90 bits per heavy atom. The molecule has 3 nitrogen and oxygen atoms in total. The Hall–Kier alpha value is -0.930. The Labute approximate surface area is 132 Å². The fraction of sp³-hybridized carbons (Fsp3) is 0.647. The minimum Gasteiger partial charge on any atom is -0.486 e. The van der Waals surface area contributed by atoms with Gasteiger partial charge in [0.15, 0.2) is 11.5 Å². The summed E-state index contributed by atoms with van der Waals surface area (Å²) in [6.07, 6.45) is 6.12. The van der Waals surface area contributed by atoms with Gasteiger partial charge in [0, 0.05) is 17.1 Å². The zero-order chi connectivity index (χ0) is 14.7. The molecule has 3 rings (SSSR count). The Morgan fingerprint density at radius 1 is 1.19 bits per heavy atom. The minimum atomic E-state index is 0.605. The van der Waals surface area contributed by atoms with Crippen molar-refractivity contribution in [1.29, 1.82) is 0 Å². The number of halogens is 1. The first-order chi connectivity index (χ1) is 10.2. The lowest BCUT2D eigenvalue weighted by atomic mass is 9.98. The fourth-order valence-corrected chi connectivity index (χ4v) is 2.91. The number of hydrogen-bond donors (Lipinski definition) is 1. The van der Waals surface area contributed by atoms with Gasteiger partial charge >= 0.3 is 0 Å². The topological polar surface area (TPSA) is 30.5 Å². The molecule has 0 aromatic heterocycles. The molecule has 4 heteroatoms. The predicted octanol–water partition coefficient (Wildman–Crippen LogP) is 3.82. The van der Waals surface area contributed by atoms with Crippen molar-refractivity contribution in [1.82, 2.24) is 5.32 Å². The van der Waals surface area contributed by atoms with Gasteiger partial charge in [-0.05, 0) is 56.2 Å². The number of fused-ring (bicyclic) bond motifs is 1. The molecule has 0 saturated heterocycles. The van der Waals surface area contributed by atoms with Gasteiger partial charge in [-0.25, -0.2) is 0 Å². The van der Waals surface area contributed by atoms with E-state index in [1.54, 1.807) is 0 Å². The van der Waals surface area contributed by atoms with Crippen molar-refractivity contribution in [2.45, 2.75) is 45.1 Å². The quantitative estimate of drug-likeness (QED) is 0.830. The SMILES string of the molecule is CC(CCNC1CC1)CCc1cc2c(cc1Cl)OCCO2. The first-order valence-corrected chi connectivity index (χ1v) is 8.41. The van der Waals surface area contributed by atoms with E-state index in [9.17, 15) is 0 Å². The minimum absolute atomic E-state index is 0.605. The van der Waals surface area contributed by atoms with Crippen LogP contribution >= 0.6 is 11.6 Å². The van der Waals surface area contributed by atoms with E-state index in [-0.39, 0.29) is 0 Å². The lowest BCUT2D eigenvalue weighted by molar-refractivity contribution is 0.171. The number of nitrogens with one attached hydrogen (secondary N) is 1. The second kappa shape index (κ2) is 6.89. The van der Waals surface area contributed by atoms with Gasteiger partial charge in [-0.1, -0.05) is 18.5 Å². The molecule has 1 N–H and O–H groups in total. The third kappa shape index (κ3) is 4.27. The van der Waals surface area contributed by atoms with Crippen LogP contribution in [0.2, 0.25) is 5.02 Å². The molecular formula is C17H24ClNO2. The largest absolute Gasteiger partial charge is 0.486 e. The van der Waals surface area contributed by atoms with Crippen LogP contribution in [0, 0.1) is 5.92 Å². The summed E-state index contributed by atoms with van der Waals surface area (Å²) >= 11 is 6.35. The molecule has 21 heavy (non-hydrogen) atoms. The highest BCUT2D eigenvalue weighted by Gasteiger charge is 2.20. The smallest absolute Gasteiger partial charge is 0.162 e. The highest BCUT2D eigenvalue weighted by atomic mass is 35.5. The molecule has 0 amide bonds. The highest BCUT2D eigenvalue weighted by Crippen LogP contribution is 2.36. The number of rotatable bonds is 7. The van der Waals surface area contributed by atoms with Gasteiger partial charge in [0.25, 0.3) is 0 Å². The number of aryl methyl sites for hydroxylation is 1. The summed E-state index contributed by atoms with van der Waals surface area (Å²) in [5, 5.41) is 4.37. The van der Waals surface area contributed by atoms with Crippen LogP contribution in [0.1, 0.15) is 38.2 Å². The van der Waals surface area contributed by atoms with E-state index in [1.807, 2.05) is 12.1 Å². The Morgan fingerprint density at radius 3 is 2.62 bits per heavy atom. The van der Waals surface area contributed by atoms with Crippen LogP contribution in [0.4, 0.5) is 0 Å². The molecule has 1 aromatic rings. The van der Waals surface area contributed by atoms with Crippen molar-refractivity contribution in [3.05, 3.63) is 22.7 Å². The van der Waals surface area contributed by atoms with Crippen LogP contribution in [-0.4, -0.2) is 25.8 Å². The molecule has 2 aliphatic rings. The first-order valence-electron chi connectivity index (χ1n) is 8.04. The van der Waals surface area contributed by atoms with Crippen LogP contribution in [0.5, 0.6) is 11.5 Å². The van der Waals surface area contributed by atoms with Gasteiger partial charge in [-0.3, -0.25) is 0 Å². The molecule has 0 bridgehead atoms. The van der Waals surface area contributed by atoms with Crippen LogP contribution < -0.4 is 14.8 Å². The Balaban J connectivity index is 1.49. The maximum Gasteiger partial charge on any atom is 0.162 e. The average molecular weight is 310 g/mol. The molecule has 1 aliphatic heterocycles. The van der Waals surface area contributed by atoms with Gasteiger partial charge in [-0.2, -0.15) is 0 Å². The van der Waals surface area contributed by atoms with E-state index in [4.69, 9.17) is 21.1 Å². The summed E-state index contributed by atoms with van der Waals surface area (Å²) in [6, 6.07) is 4.75. The average Bonchev–Trinajstić information content (AvgIpc) is 3.29. The Bertz CT molecular complexity index is 488. The monoisotopic (exact) mass is 309 g/mol. The zero-order valence-electron chi connectivity index (χ0n) is 12.7. The lowest BCUT2D eigenvalue weighted by Crippen LogP contribution is -2.19. The summed E-state index contributed by atoms with van der Waals surface area (Å²) < 4.78 is 11.2. The third-order valence-electron chi connectivity index (χ3n) is 4.27. The van der Waals surface area contributed by atoms with Crippen molar-refractivity contribution >= 4 is 11.6 Å². The summed E-state index contributed by atoms with van der Waals surface area (Å²) in [5.41, 5.74) is 1.17. The second-order valence-electron chi connectivity index (χ2n) is 6.25. The summed E-state index contributed by atoms with van der Waals surface area (Å²) in [6.45, 7) is 4.69. The molecule has 116 valence electrons. The van der Waals surface area contributed by atoms with Gasteiger partial charge < -0.3 is 14.8 Å². The van der Waals surface area contributed by atoms with Crippen LogP contribution in [0.15, 0.2) is 12.1 Å².